The largest absolute Gasteiger partial charge is 0.454 e. The van der Waals surface area contributed by atoms with Crippen LogP contribution < -0.4 is 9.47 Å². The van der Waals surface area contributed by atoms with Gasteiger partial charge < -0.3 is 14.4 Å². The number of thiophene rings is 1. The van der Waals surface area contributed by atoms with Crippen LogP contribution in [0, 0.1) is 15.5 Å². The van der Waals surface area contributed by atoms with Crippen molar-refractivity contribution in [2.24, 2.45) is 5.41 Å². The second-order valence-corrected chi connectivity index (χ2v) is 9.55. The number of ether oxygens (including phenoxy) is 2. The fourth-order valence-corrected chi connectivity index (χ4v) is 5.55. The Kier molecular flexibility index (Phi) is 5.60. The molecule has 8 nitrogen and oxygen atoms in total. The van der Waals surface area contributed by atoms with E-state index in [4.69, 9.17) is 9.47 Å². The topological polar surface area (TPSA) is 85.2 Å². The first-order chi connectivity index (χ1) is 15.5. The summed E-state index contributed by atoms with van der Waals surface area (Å²) in [7, 11) is 0. The Morgan fingerprint density at radius 3 is 2.66 bits per heavy atom. The van der Waals surface area contributed by atoms with E-state index in [1.165, 1.54) is 6.07 Å². The van der Waals surface area contributed by atoms with E-state index in [1.807, 2.05) is 27.8 Å². The van der Waals surface area contributed by atoms with Crippen molar-refractivity contribution >= 4 is 29.0 Å². The summed E-state index contributed by atoms with van der Waals surface area (Å²) in [6.07, 6.45) is 6.52. The van der Waals surface area contributed by atoms with Crippen LogP contribution in [-0.4, -0.2) is 53.6 Å². The molecule has 2 fully saturated rings. The quantitative estimate of drug-likeness (QED) is 0.386. The number of rotatable bonds is 5. The van der Waals surface area contributed by atoms with Gasteiger partial charge >= 0.3 is 0 Å². The normalized spacial score (nSPS) is 19.8. The number of piperidine rings is 1. The van der Waals surface area contributed by atoms with E-state index < -0.39 is 0 Å². The first-order valence-electron chi connectivity index (χ1n) is 10.8. The van der Waals surface area contributed by atoms with Crippen molar-refractivity contribution in [2.45, 2.75) is 25.8 Å². The van der Waals surface area contributed by atoms with Crippen molar-refractivity contribution in [2.75, 3.05) is 33.0 Å². The monoisotopic (exact) mass is 455 g/mol. The average molecular weight is 456 g/mol. The standard InChI is InChI=1S/C23H25N3O5S/c27-22(2-1-17-3-10-32-14-17)25-8-5-23(6-9-25)4-7-24(15-23)13-18-11-20-21(31-16-30-20)12-19(18)26(28)29/h1-3,10-12,14H,4-9,13,15-16H2. The van der Waals surface area contributed by atoms with Crippen LogP contribution in [0.25, 0.3) is 6.08 Å². The third-order valence-electron chi connectivity index (χ3n) is 6.78. The van der Waals surface area contributed by atoms with Crippen molar-refractivity contribution in [3.05, 3.63) is 56.3 Å². The lowest BCUT2D eigenvalue weighted by Crippen LogP contribution is -2.43. The minimum absolute atomic E-state index is 0.0666. The number of nitro benzene ring substituents is 1. The van der Waals surface area contributed by atoms with E-state index in [1.54, 1.807) is 23.5 Å². The van der Waals surface area contributed by atoms with Gasteiger partial charge in [0.1, 0.15) is 0 Å². The van der Waals surface area contributed by atoms with Crippen molar-refractivity contribution in [1.82, 2.24) is 9.80 Å². The highest BCUT2D eigenvalue weighted by Crippen LogP contribution is 2.43. The zero-order valence-electron chi connectivity index (χ0n) is 17.7. The van der Waals surface area contributed by atoms with Gasteiger partial charge in [0.15, 0.2) is 11.5 Å². The van der Waals surface area contributed by atoms with Gasteiger partial charge in [-0.2, -0.15) is 11.3 Å². The molecule has 0 atom stereocenters. The number of nitro groups is 1. The number of fused-ring (bicyclic) bond motifs is 1. The molecule has 2 aromatic rings. The van der Waals surface area contributed by atoms with Crippen molar-refractivity contribution in [3.63, 3.8) is 0 Å². The van der Waals surface area contributed by atoms with Crippen LogP contribution in [-0.2, 0) is 11.3 Å². The van der Waals surface area contributed by atoms with Crippen LogP contribution in [0.1, 0.15) is 30.4 Å². The Morgan fingerprint density at radius 2 is 1.94 bits per heavy atom. The first-order valence-corrected chi connectivity index (χ1v) is 11.7. The molecule has 3 aliphatic heterocycles. The molecule has 1 spiro atoms. The van der Waals surface area contributed by atoms with Crippen LogP contribution in [0.3, 0.4) is 0 Å². The molecule has 168 valence electrons. The molecule has 0 bridgehead atoms. The zero-order chi connectivity index (χ0) is 22.1. The molecular weight excluding hydrogens is 430 g/mol. The van der Waals surface area contributed by atoms with Crippen LogP contribution in [0.2, 0.25) is 0 Å². The van der Waals surface area contributed by atoms with Gasteiger partial charge in [-0.1, -0.05) is 0 Å². The average Bonchev–Trinajstić information content (AvgIpc) is 3.54. The molecule has 9 heteroatoms. The number of carbonyl (C=O) groups is 1. The molecule has 4 heterocycles. The smallest absolute Gasteiger partial charge is 0.277 e. The molecule has 3 aliphatic rings. The molecule has 1 aromatic heterocycles. The second-order valence-electron chi connectivity index (χ2n) is 8.77. The molecule has 1 aromatic carbocycles. The summed E-state index contributed by atoms with van der Waals surface area (Å²) in [5, 5.41) is 15.6. The van der Waals surface area contributed by atoms with Gasteiger partial charge in [-0.05, 0) is 65.8 Å². The van der Waals surface area contributed by atoms with Gasteiger partial charge in [0.25, 0.3) is 5.69 Å². The summed E-state index contributed by atoms with van der Waals surface area (Å²) in [5.74, 6) is 1.07. The van der Waals surface area contributed by atoms with Gasteiger partial charge in [-0.15, -0.1) is 0 Å². The third-order valence-corrected chi connectivity index (χ3v) is 7.48. The Bertz CT molecular complexity index is 1040. The van der Waals surface area contributed by atoms with E-state index in [2.05, 4.69) is 4.90 Å². The van der Waals surface area contributed by atoms with Crippen molar-refractivity contribution < 1.29 is 19.2 Å². The number of likely N-dealkylation sites (tertiary alicyclic amines) is 2. The highest BCUT2D eigenvalue weighted by Gasteiger charge is 2.41. The summed E-state index contributed by atoms with van der Waals surface area (Å²) in [6.45, 7) is 3.92. The Balaban J connectivity index is 1.19. The maximum atomic E-state index is 12.5. The predicted molar refractivity (Wildman–Crippen MR) is 121 cm³/mol. The zero-order valence-corrected chi connectivity index (χ0v) is 18.5. The van der Waals surface area contributed by atoms with E-state index in [-0.39, 0.29) is 28.7 Å². The fraction of sp³-hybridized carbons (Fsp3) is 0.435. The van der Waals surface area contributed by atoms with Crippen LogP contribution in [0.15, 0.2) is 35.0 Å². The summed E-state index contributed by atoms with van der Waals surface area (Å²) in [5.41, 5.74) is 1.97. The SMILES string of the molecule is O=C(C=Cc1ccsc1)N1CCC2(CCN(Cc3cc4c(cc3[N+](=O)[O-])OCO4)C2)CC1. The molecule has 5 rings (SSSR count). The van der Waals surface area contributed by atoms with Gasteiger partial charge in [0.2, 0.25) is 12.7 Å². The first kappa shape index (κ1) is 21.0. The maximum Gasteiger partial charge on any atom is 0.277 e. The van der Waals surface area contributed by atoms with E-state index >= 15 is 0 Å². The molecule has 32 heavy (non-hydrogen) atoms. The summed E-state index contributed by atoms with van der Waals surface area (Å²) < 4.78 is 10.7. The highest BCUT2D eigenvalue weighted by atomic mass is 32.1. The number of benzene rings is 1. The maximum absolute atomic E-state index is 12.5. The number of carbonyl (C=O) groups excluding carboxylic acids is 1. The van der Waals surface area contributed by atoms with Gasteiger partial charge in [-0.3, -0.25) is 19.8 Å². The number of hydrogen-bond donors (Lipinski definition) is 0. The summed E-state index contributed by atoms with van der Waals surface area (Å²) in [6, 6.07) is 5.21. The lowest BCUT2D eigenvalue weighted by atomic mass is 9.78. The van der Waals surface area contributed by atoms with Crippen molar-refractivity contribution in [3.8, 4) is 11.5 Å². The predicted octanol–water partition coefficient (Wildman–Crippen LogP) is 3.91. The van der Waals surface area contributed by atoms with Crippen LogP contribution in [0.4, 0.5) is 5.69 Å². The lowest BCUT2D eigenvalue weighted by Gasteiger charge is -2.39. The van der Waals surface area contributed by atoms with E-state index in [0.29, 0.717) is 23.6 Å². The molecule has 0 radical (unpaired) electrons. The minimum atomic E-state index is -0.350. The second kappa shape index (κ2) is 8.55. The van der Waals surface area contributed by atoms with Gasteiger partial charge in [-0.25, -0.2) is 0 Å². The highest BCUT2D eigenvalue weighted by molar-refractivity contribution is 7.08. The molecule has 0 N–H and O–H groups in total. The minimum Gasteiger partial charge on any atom is -0.454 e. The molecule has 2 saturated heterocycles. The molecular formula is C23H25N3O5S. The summed E-state index contributed by atoms with van der Waals surface area (Å²) >= 11 is 1.62. The Morgan fingerprint density at radius 1 is 1.19 bits per heavy atom. The third kappa shape index (κ3) is 4.22. The van der Waals surface area contributed by atoms with Crippen LogP contribution >= 0.6 is 11.3 Å². The lowest BCUT2D eigenvalue weighted by molar-refractivity contribution is -0.385. The summed E-state index contributed by atoms with van der Waals surface area (Å²) in [4.78, 5) is 28.0. The molecule has 0 saturated carbocycles. The van der Waals surface area contributed by atoms with E-state index in [9.17, 15) is 14.9 Å². The molecule has 1 amide bonds. The number of amides is 1. The molecule has 0 aliphatic carbocycles. The van der Waals surface area contributed by atoms with Gasteiger partial charge in [0.05, 0.1) is 11.0 Å². The Labute approximate surface area is 190 Å². The Hall–Kier alpha value is -2.91. The van der Waals surface area contributed by atoms with Crippen molar-refractivity contribution in [1.29, 1.82) is 0 Å². The van der Waals surface area contributed by atoms with Crippen LogP contribution in [0.5, 0.6) is 11.5 Å². The van der Waals surface area contributed by atoms with E-state index in [0.717, 1.165) is 51.0 Å². The van der Waals surface area contributed by atoms with Gasteiger partial charge in [0, 0.05) is 37.8 Å². The number of nitrogens with zero attached hydrogens (tertiary/aromatic N) is 3. The number of hydrogen-bond acceptors (Lipinski definition) is 7. The fourth-order valence-electron chi connectivity index (χ4n) is 4.93. The molecule has 0 unspecified atom stereocenters.